The van der Waals surface area contributed by atoms with E-state index in [1.165, 1.54) is 0 Å². The molecule has 0 spiro atoms. The van der Waals surface area contributed by atoms with Gasteiger partial charge in [0, 0.05) is 25.8 Å². The van der Waals surface area contributed by atoms with Crippen LogP contribution >= 0.6 is 0 Å². The Hall–Kier alpha value is -1.01. The molecule has 4 nitrogen and oxygen atoms in total. The van der Waals surface area contributed by atoms with E-state index in [2.05, 4.69) is 5.10 Å². The molecule has 0 aliphatic carbocycles. The molecule has 0 amide bonds. The number of rotatable bonds is 8. The van der Waals surface area contributed by atoms with Gasteiger partial charge < -0.3 is 9.84 Å². The smallest absolute Gasteiger partial charge is 0.261 e. The van der Waals surface area contributed by atoms with E-state index < -0.39 is 19.1 Å². The Bertz CT molecular complexity index is 356. The Labute approximate surface area is 106 Å². The van der Waals surface area contributed by atoms with Gasteiger partial charge in [-0.1, -0.05) is 6.92 Å². The molecule has 1 heterocycles. The maximum Gasteiger partial charge on any atom is 0.261 e. The Balaban J connectivity index is 2.30. The SMILES string of the molecule is CCc1cc(CC(O)CCOCC(F)F)n(C)n1. The normalized spacial score (nSPS) is 13.2. The van der Waals surface area contributed by atoms with Crippen molar-refractivity contribution in [3.8, 4) is 0 Å². The number of nitrogens with zero attached hydrogens (tertiary/aromatic N) is 2. The minimum absolute atomic E-state index is 0.143. The monoisotopic (exact) mass is 262 g/mol. The number of hydrogen-bond donors (Lipinski definition) is 1. The van der Waals surface area contributed by atoms with Gasteiger partial charge in [-0.25, -0.2) is 8.78 Å². The molecular weight excluding hydrogens is 242 g/mol. The van der Waals surface area contributed by atoms with Crippen LogP contribution in [-0.2, 0) is 24.6 Å². The van der Waals surface area contributed by atoms with Gasteiger partial charge in [-0.2, -0.15) is 5.10 Å². The highest BCUT2D eigenvalue weighted by atomic mass is 19.3. The minimum Gasteiger partial charge on any atom is -0.393 e. The van der Waals surface area contributed by atoms with Crippen LogP contribution in [0.4, 0.5) is 8.78 Å². The number of ether oxygens (including phenoxy) is 1. The maximum atomic E-state index is 11.8. The number of halogens is 2. The Morgan fingerprint density at radius 1 is 1.50 bits per heavy atom. The topological polar surface area (TPSA) is 47.3 Å². The summed E-state index contributed by atoms with van der Waals surface area (Å²) in [5.74, 6) is 0. The fraction of sp³-hybridized carbons (Fsp3) is 0.750. The molecule has 0 fully saturated rings. The van der Waals surface area contributed by atoms with Gasteiger partial charge in [0.25, 0.3) is 6.43 Å². The second-order valence-corrected chi connectivity index (χ2v) is 4.22. The summed E-state index contributed by atoms with van der Waals surface area (Å²) in [6.45, 7) is 1.59. The zero-order valence-electron chi connectivity index (χ0n) is 10.8. The lowest BCUT2D eigenvalue weighted by Gasteiger charge is -2.10. The van der Waals surface area contributed by atoms with Crippen molar-refractivity contribution >= 4 is 0 Å². The summed E-state index contributed by atoms with van der Waals surface area (Å²) in [6, 6.07) is 1.95. The maximum absolute atomic E-state index is 11.8. The standard InChI is InChI=1S/C12H20F2N2O2/c1-3-9-6-10(16(2)15-9)7-11(17)4-5-18-8-12(13)14/h6,11-12,17H,3-5,7-8H2,1-2H3. The van der Waals surface area contributed by atoms with Crippen LogP contribution in [0.5, 0.6) is 0 Å². The fourth-order valence-corrected chi connectivity index (χ4v) is 1.67. The molecule has 1 atom stereocenters. The van der Waals surface area contributed by atoms with E-state index in [-0.39, 0.29) is 6.61 Å². The van der Waals surface area contributed by atoms with Crippen LogP contribution in [0.15, 0.2) is 6.07 Å². The highest BCUT2D eigenvalue weighted by Crippen LogP contribution is 2.09. The molecule has 1 rings (SSSR count). The van der Waals surface area contributed by atoms with Crippen molar-refractivity contribution in [3.63, 3.8) is 0 Å². The van der Waals surface area contributed by atoms with E-state index in [1.54, 1.807) is 4.68 Å². The Kier molecular flexibility index (Phi) is 6.21. The van der Waals surface area contributed by atoms with Gasteiger partial charge in [-0.15, -0.1) is 0 Å². The number of hydrogen-bond acceptors (Lipinski definition) is 3. The molecule has 18 heavy (non-hydrogen) atoms. The van der Waals surface area contributed by atoms with Gasteiger partial charge in [-0.3, -0.25) is 4.68 Å². The number of aromatic nitrogens is 2. The summed E-state index contributed by atoms with van der Waals surface area (Å²) in [4.78, 5) is 0. The zero-order valence-corrected chi connectivity index (χ0v) is 10.8. The summed E-state index contributed by atoms with van der Waals surface area (Å²) < 4.78 is 30.1. The Morgan fingerprint density at radius 2 is 2.22 bits per heavy atom. The molecule has 104 valence electrons. The third-order valence-corrected chi connectivity index (χ3v) is 2.67. The van der Waals surface area contributed by atoms with Crippen LogP contribution < -0.4 is 0 Å². The first-order chi connectivity index (χ1) is 8.52. The number of aliphatic hydroxyl groups excluding tert-OH is 1. The molecule has 0 saturated carbocycles. The lowest BCUT2D eigenvalue weighted by atomic mass is 10.1. The van der Waals surface area contributed by atoms with E-state index >= 15 is 0 Å². The number of alkyl halides is 2. The summed E-state index contributed by atoms with van der Waals surface area (Å²) in [5, 5.41) is 14.0. The molecule has 0 aromatic carbocycles. The van der Waals surface area contributed by atoms with E-state index in [1.807, 2.05) is 20.0 Å². The second-order valence-electron chi connectivity index (χ2n) is 4.22. The highest BCUT2D eigenvalue weighted by molar-refractivity contribution is 5.11. The van der Waals surface area contributed by atoms with E-state index in [4.69, 9.17) is 4.74 Å². The molecule has 0 radical (unpaired) electrons. The first-order valence-corrected chi connectivity index (χ1v) is 6.08. The molecule has 1 unspecified atom stereocenters. The molecule has 1 aromatic heterocycles. The molecule has 1 aromatic rings. The molecule has 0 aliphatic heterocycles. The second kappa shape index (κ2) is 7.43. The van der Waals surface area contributed by atoms with Crippen molar-refractivity contribution in [2.75, 3.05) is 13.2 Å². The average molecular weight is 262 g/mol. The summed E-state index contributed by atoms with van der Waals surface area (Å²) in [7, 11) is 1.83. The number of aliphatic hydroxyl groups is 1. The molecular formula is C12H20F2N2O2. The predicted octanol–water partition coefficient (Wildman–Crippen LogP) is 1.56. The average Bonchev–Trinajstić information content (AvgIpc) is 2.65. The van der Waals surface area contributed by atoms with Crippen molar-refractivity contribution in [1.82, 2.24) is 9.78 Å². The Morgan fingerprint density at radius 3 is 2.78 bits per heavy atom. The summed E-state index contributed by atoms with van der Waals surface area (Å²) in [5.41, 5.74) is 1.92. The lowest BCUT2D eigenvalue weighted by Crippen LogP contribution is -2.17. The third kappa shape index (κ3) is 5.10. The van der Waals surface area contributed by atoms with Crippen LogP contribution in [0.1, 0.15) is 24.7 Å². The first kappa shape index (κ1) is 15.0. The molecule has 0 aliphatic rings. The molecule has 0 bridgehead atoms. The highest BCUT2D eigenvalue weighted by Gasteiger charge is 2.11. The van der Waals surface area contributed by atoms with Gasteiger partial charge in [-0.05, 0) is 18.9 Å². The molecule has 1 N–H and O–H groups in total. The van der Waals surface area contributed by atoms with Crippen molar-refractivity contribution in [1.29, 1.82) is 0 Å². The van der Waals surface area contributed by atoms with Gasteiger partial charge in [0.1, 0.15) is 6.61 Å². The fourth-order valence-electron chi connectivity index (χ4n) is 1.67. The van der Waals surface area contributed by atoms with Gasteiger partial charge in [0.05, 0.1) is 11.8 Å². The van der Waals surface area contributed by atoms with E-state index in [0.29, 0.717) is 12.8 Å². The van der Waals surface area contributed by atoms with Crippen LogP contribution in [-0.4, -0.2) is 40.6 Å². The first-order valence-electron chi connectivity index (χ1n) is 6.08. The van der Waals surface area contributed by atoms with Crippen molar-refractivity contribution in [2.24, 2.45) is 7.05 Å². The van der Waals surface area contributed by atoms with Crippen LogP contribution in [0.25, 0.3) is 0 Å². The van der Waals surface area contributed by atoms with E-state index in [9.17, 15) is 13.9 Å². The number of aryl methyl sites for hydroxylation is 2. The van der Waals surface area contributed by atoms with Gasteiger partial charge >= 0.3 is 0 Å². The van der Waals surface area contributed by atoms with Crippen LogP contribution in [0, 0.1) is 0 Å². The largest absolute Gasteiger partial charge is 0.393 e. The van der Waals surface area contributed by atoms with Crippen molar-refractivity contribution < 1.29 is 18.6 Å². The van der Waals surface area contributed by atoms with Crippen molar-refractivity contribution in [2.45, 2.75) is 38.7 Å². The van der Waals surface area contributed by atoms with Gasteiger partial charge in [0.2, 0.25) is 0 Å². The van der Waals surface area contributed by atoms with Crippen LogP contribution in [0.3, 0.4) is 0 Å². The lowest BCUT2D eigenvalue weighted by molar-refractivity contribution is 0.00496. The predicted molar refractivity (Wildman–Crippen MR) is 63.7 cm³/mol. The minimum atomic E-state index is -2.45. The molecule has 0 saturated heterocycles. The summed E-state index contributed by atoms with van der Waals surface area (Å²) >= 11 is 0. The van der Waals surface area contributed by atoms with Crippen molar-refractivity contribution in [3.05, 3.63) is 17.5 Å². The molecule has 6 heteroatoms. The third-order valence-electron chi connectivity index (χ3n) is 2.67. The summed E-state index contributed by atoms with van der Waals surface area (Å²) in [6.07, 6.45) is -1.39. The van der Waals surface area contributed by atoms with E-state index in [0.717, 1.165) is 17.8 Å². The zero-order chi connectivity index (χ0) is 13.5. The quantitative estimate of drug-likeness (QED) is 0.723. The van der Waals surface area contributed by atoms with Crippen LogP contribution in [0.2, 0.25) is 0 Å². The van der Waals surface area contributed by atoms with Gasteiger partial charge in [0.15, 0.2) is 0 Å².